The molecule has 26 heavy (non-hydrogen) atoms. The molecule has 1 N–H and O–H groups in total. The van der Waals surface area contributed by atoms with Gasteiger partial charge in [-0.1, -0.05) is 6.07 Å². The van der Waals surface area contributed by atoms with Gasteiger partial charge < -0.3 is 14.5 Å². The summed E-state index contributed by atoms with van der Waals surface area (Å²) in [7, 11) is 0. The molecule has 1 aromatic rings. The average molecular weight is 359 g/mol. The Kier molecular flexibility index (Phi) is 7.78. The van der Waals surface area contributed by atoms with Crippen LogP contribution in [0.1, 0.15) is 50.5 Å². The van der Waals surface area contributed by atoms with Crippen molar-refractivity contribution in [3.05, 3.63) is 41.2 Å². The molecule has 0 aliphatic rings. The maximum absolute atomic E-state index is 12.9. The average Bonchev–Trinajstić information content (AvgIpc) is 2.64. The van der Waals surface area contributed by atoms with Crippen LogP contribution in [-0.2, 0) is 9.53 Å². The summed E-state index contributed by atoms with van der Waals surface area (Å²) in [6, 6.07) is 2.81. The summed E-state index contributed by atoms with van der Waals surface area (Å²) in [5, 5.41) is 2.90. The Morgan fingerprint density at radius 1 is 1.31 bits per heavy atom. The van der Waals surface area contributed by atoms with E-state index in [9.17, 15) is 9.59 Å². The lowest BCUT2D eigenvalue weighted by Crippen LogP contribution is -2.56. The molecule has 0 saturated carbocycles. The molecule has 0 aliphatic carbocycles. The van der Waals surface area contributed by atoms with E-state index in [4.69, 9.17) is 11.3 Å². The van der Waals surface area contributed by atoms with Crippen LogP contribution >= 0.6 is 0 Å². The summed E-state index contributed by atoms with van der Waals surface area (Å²) in [6.45, 7) is 22.5. The number of carbonyl (C=O) groups excluding carboxylic acids is 2. The van der Waals surface area contributed by atoms with Crippen molar-refractivity contribution in [3.8, 4) is 0 Å². The van der Waals surface area contributed by atoms with E-state index in [-0.39, 0.29) is 24.1 Å². The Balaban J connectivity index is 3.29. The molecular weight excluding hydrogens is 330 g/mol. The van der Waals surface area contributed by atoms with Crippen LogP contribution in [0.3, 0.4) is 0 Å². The Morgan fingerprint density at radius 3 is 2.38 bits per heavy atom. The Hall–Kier alpha value is -2.39. The minimum absolute atomic E-state index is 0.170. The second kappa shape index (κ2) is 9.35. The zero-order chi connectivity index (χ0) is 19.9. The van der Waals surface area contributed by atoms with Crippen LogP contribution in [0, 0.1) is 20.0 Å². The van der Waals surface area contributed by atoms with E-state index in [2.05, 4.69) is 10.2 Å². The van der Waals surface area contributed by atoms with Crippen molar-refractivity contribution in [3.63, 3.8) is 0 Å². The third kappa shape index (κ3) is 4.41. The van der Waals surface area contributed by atoms with Gasteiger partial charge in [-0.25, -0.2) is 9.64 Å². The largest absolute Gasteiger partial charge is 0.462 e. The van der Waals surface area contributed by atoms with Crippen molar-refractivity contribution in [2.45, 2.75) is 47.6 Å². The van der Waals surface area contributed by atoms with Gasteiger partial charge in [0.1, 0.15) is 6.04 Å². The van der Waals surface area contributed by atoms with Gasteiger partial charge >= 0.3 is 5.97 Å². The Morgan fingerprint density at radius 2 is 1.92 bits per heavy atom. The second-order valence-electron chi connectivity index (χ2n) is 6.18. The molecule has 0 aliphatic heterocycles. The van der Waals surface area contributed by atoms with Gasteiger partial charge in [0.2, 0.25) is 0 Å². The molecule has 1 rings (SSSR count). The van der Waals surface area contributed by atoms with Crippen molar-refractivity contribution in [2.75, 3.05) is 25.0 Å². The quantitative estimate of drug-likeness (QED) is 0.432. The van der Waals surface area contributed by atoms with Gasteiger partial charge in [-0.05, 0) is 46.2 Å². The molecule has 0 spiro atoms. The van der Waals surface area contributed by atoms with Gasteiger partial charge in [0, 0.05) is 0 Å². The minimum atomic E-state index is -0.544. The Labute approximate surface area is 156 Å². The Bertz CT molecular complexity index is 695. The number of hydrogen-bond donors (Lipinski definition) is 1. The summed E-state index contributed by atoms with van der Waals surface area (Å²) in [5.74, 6) is -0.714. The molecule has 0 saturated heterocycles. The molecule has 0 aromatic heterocycles. The topological polar surface area (TPSA) is 59.8 Å². The van der Waals surface area contributed by atoms with Crippen molar-refractivity contribution in [1.29, 1.82) is 0 Å². The third-order valence-electron chi connectivity index (χ3n) is 5.04. The number of quaternary nitrogens is 1. The summed E-state index contributed by atoms with van der Waals surface area (Å²) in [6.07, 6.45) is 0. The highest BCUT2D eigenvalue weighted by molar-refractivity contribution is 6.04. The first-order chi connectivity index (χ1) is 12.3. The summed E-state index contributed by atoms with van der Waals surface area (Å²) in [4.78, 5) is 28.6. The number of hydrogen-bond acceptors (Lipinski definition) is 3. The van der Waals surface area contributed by atoms with Crippen molar-refractivity contribution < 1.29 is 18.8 Å². The minimum Gasteiger partial charge on any atom is -0.462 e. The molecule has 1 unspecified atom stereocenters. The van der Waals surface area contributed by atoms with E-state index < -0.39 is 5.97 Å². The molecule has 1 amide bonds. The highest BCUT2D eigenvalue weighted by Gasteiger charge is 2.30. The molecule has 6 heteroatoms. The maximum atomic E-state index is 12.9. The van der Waals surface area contributed by atoms with Crippen LogP contribution in [0.4, 0.5) is 11.4 Å². The van der Waals surface area contributed by atoms with E-state index in [0.29, 0.717) is 21.4 Å². The molecular formula is C20H29N3O3. The lowest BCUT2D eigenvalue weighted by molar-refractivity contribution is -0.909. The first kappa shape index (κ1) is 21.7. The maximum Gasteiger partial charge on any atom is 0.338 e. The first-order valence-corrected chi connectivity index (χ1v) is 8.97. The van der Waals surface area contributed by atoms with Crippen molar-refractivity contribution in [1.82, 2.24) is 0 Å². The number of amides is 1. The molecule has 142 valence electrons. The van der Waals surface area contributed by atoms with Crippen LogP contribution < -0.4 is 5.32 Å². The number of esters is 1. The van der Waals surface area contributed by atoms with Crippen LogP contribution in [0.15, 0.2) is 12.1 Å². The fourth-order valence-corrected chi connectivity index (χ4v) is 3.19. The lowest BCUT2D eigenvalue weighted by Gasteiger charge is -2.49. The molecule has 0 heterocycles. The van der Waals surface area contributed by atoms with Gasteiger partial charge in [0.05, 0.1) is 37.5 Å². The zero-order valence-electron chi connectivity index (χ0n) is 16.5. The van der Waals surface area contributed by atoms with Crippen LogP contribution in [0.5, 0.6) is 0 Å². The molecule has 1 atom stereocenters. The van der Waals surface area contributed by atoms with Gasteiger partial charge in [-0.3, -0.25) is 4.79 Å². The van der Waals surface area contributed by atoms with Gasteiger partial charge in [0.15, 0.2) is 5.69 Å². The van der Waals surface area contributed by atoms with Crippen molar-refractivity contribution >= 4 is 23.3 Å². The highest BCUT2D eigenvalue weighted by atomic mass is 16.5. The van der Waals surface area contributed by atoms with E-state index in [1.54, 1.807) is 19.9 Å². The monoisotopic (exact) mass is 359 g/mol. The first-order valence-electron chi connectivity index (χ1n) is 8.97. The van der Waals surface area contributed by atoms with Crippen LogP contribution in [-0.4, -0.2) is 42.1 Å². The summed E-state index contributed by atoms with van der Waals surface area (Å²) in [5.41, 5.74) is 1.62. The number of likely N-dealkylation sites (N-methyl/N-ethyl adjacent to an activating group) is 1. The van der Waals surface area contributed by atoms with E-state index in [1.165, 1.54) is 6.07 Å². The van der Waals surface area contributed by atoms with Gasteiger partial charge in [-0.15, -0.1) is 13.5 Å². The zero-order valence-corrected chi connectivity index (χ0v) is 16.5. The van der Waals surface area contributed by atoms with Gasteiger partial charge in [0.25, 0.3) is 5.91 Å². The molecule has 0 radical (unpaired) electrons. The highest BCUT2D eigenvalue weighted by Crippen LogP contribution is 2.29. The number of anilines is 1. The standard InChI is InChI=1S/C20H29N3O3/c1-8-23(9-2,10-3)15(6)19(24)22-18-14(5)12-16(21-7)13-17(18)20(25)26-11-4/h8,12-13,15H,9-11H2,1-6H3,(H,22,24). The predicted octanol–water partition coefficient (Wildman–Crippen LogP) is 4.09. The number of nitrogens with one attached hydrogen (secondary N) is 1. The normalized spacial score (nSPS) is 12.2. The molecule has 0 fully saturated rings. The fraction of sp³-hybridized carbons (Fsp3) is 0.500. The lowest BCUT2D eigenvalue weighted by atomic mass is 10.1. The summed E-state index contributed by atoms with van der Waals surface area (Å²) >= 11 is 0. The van der Waals surface area contributed by atoms with Crippen LogP contribution in [0.2, 0.25) is 0 Å². The number of nitrogens with zero attached hydrogens (tertiary/aromatic N) is 2. The third-order valence-corrected chi connectivity index (χ3v) is 5.04. The predicted molar refractivity (Wildman–Crippen MR) is 103 cm³/mol. The fourth-order valence-electron chi connectivity index (χ4n) is 3.19. The smallest absolute Gasteiger partial charge is 0.338 e. The van der Waals surface area contributed by atoms with E-state index >= 15 is 0 Å². The van der Waals surface area contributed by atoms with Gasteiger partial charge in [-0.2, -0.15) is 0 Å². The number of carbonyl (C=O) groups is 2. The molecule has 0 bridgehead atoms. The number of ether oxygens (including phenoxy) is 1. The second-order valence-corrected chi connectivity index (χ2v) is 6.18. The van der Waals surface area contributed by atoms with E-state index in [0.717, 1.165) is 13.1 Å². The van der Waals surface area contributed by atoms with Crippen LogP contribution in [0.25, 0.3) is 4.85 Å². The van der Waals surface area contributed by atoms with E-state index in [1.807, 2.05) is 34.2 Å². The number of benzene rings is 1. The SMILES string of the molecule is [C-]#[N+]c1cc(C)c(NC(=O)C(C)[N+]([CH-]C)(CC)CC)c(C(=O)OCC)c1. The van der Waals surface area contributed by atoms with Crippen molar-refractivity contribution in [2.24, 2.45) is 0 Å². The summed E-state index contributed by atoms with van der Waals surface area (Å²) < 4.78 is 5.63. The number of aryl methyl sites for hydroxylation is 1. The number of rotatable bonds is 8. The molecule has 1 aromatic carbocycles. The molecule has 6 nitrogen and oxygen atoms in total.